The Morgan fingerprint density at radius 1 is 1.40 bits per heavy atom. The van der Waals surface area contributed by atoms with E-state index in [-0.39, 0.29) is 5.91 Å². The van der Waals surface area contributed by atoms with Crippen LogP contribution in [0.4, 0.5) is 5.69 Å². The van der Waals surface area contributed by atoms with Crippen molar-refractivity contribution in [3.8, 4) is 0 Å². The van der Waals surface area contributed by atoms with Gasteiger partial charge in [-0.15, -0.1) is 11.3 Å². The number of fused-ring (bicyclic) bond motifs is 1. The van der Waals surface area contributed by atoms with Crippen LogP contribution < -0.4 is 11.1 Å². The van der Waals surface area contributed by atoms with E-state index in [2.05, 4.69) is 10.4 Å². The molecule has 1 aliphatic heterocycles. The average Bonchev–Trinajstić information content (AvgIpc) is 2.76. The van der Waals surface area contributed by atoms with Crippen LogP contribution in [-0.2, 0) is 7.05 Å². The standard InChI is InChI=1S/C13H19N5OS/c1-8-9-10(14)11(20-13(9)17(2)16-8)12(19)18-6-3-4-15-5-7-18/h15H,3-7,14H2,1-2H3. The minimum atomic E-state index is 0.0480. The van der Waals surface area contributed by atoms with Crippen molar-refractivity contribution < 1.29 is 4.79 Å². The highest BCUT2D eigenvalue weighted by molar-refractivity contribution is 7.21. The number of carbonyl (C=O) groups excluding carboxylic acids is 1. The van der Waals surface area contributed by atoms with E-state index in [4.69, 9.17) is 5.73 Å². The molecule has 1 aliphatic rings. The van der Waals surface area contributed by atoms with Gasteiger partial charge in [0.2, 0.25) is 0 Å². The maximum absolute atomic E-state index is 12.7. The molecular weight excluding hydrogens is 274 g/mol. The number of nitrogens with two attached hydrogens (primary N) is 1. The molecule has 7 heteroatoms. The Morgan fingerprint density at radius 2 is 2.20 bits per heavy atom. The number of aryl methyl sites for hydroxylation is 2. The van der Waals surface area contributed by atoms with Crippen molar-refractivity contribution in [3.05, 3.63) is 10.6 Å². The predicted molar refractivity (Wildman–Crippen MR) is 81.1 cm³/mol. The maximum atomic E-state index is 12.7. The third-order valence-electron chi connectivity index (χ3n) is 3.70. The number of amides is 1. The lowest BCUT2D eigenvalue weighted by atomic mass is 10.2. The number of nitrogen functional groups attached to an aromatic ring is 1. The highest BCUT2D eigenvalue weighted by atomic mass is 32.1. The van der Waals surface area contributed by atoms with E-state index in [1.807, 2.05) is 18.9 Å². The number of carbonyl (C=O) groups is 1. The monoisotopic (exact) mass is 293 g/mol. The first-order valence-corrected chi connectivity index (χ1v) is 7.63. The SMILES string of the molecule is Cc1nn(C)c2sc(C(=O)N3CCCNCC3)c(N)c12. The van der Waals surface area contributed by atoms with E-state index < -0.39 is 0 Å². The molecular formula is C13H19N5OS. The third-order valence-corrected chi connectivity index (χ3v) is 4.96. The molecule has 0 aromatic carbocycles. The zero-order chi connectivity index (χ0) is 14.3. The fourth-order valence-electron chi connectivity index (χ4n) is 2.68. The minimum absolute atomic E-state index is 0.0480. The molecule has 2 aromatic rings. The van der Waals surface area contributed by atoms with Gasteiger partial charge in [0.25, 0.3) is 5.91 Å². The van der Waals surface area contributed by atoms with Gasteiger partial charge in [0.1, 0.15) is 9.71 Å². The second kappa shape index (κ2) is 5.06. The summed E-state index contributed by atoms with van der Waals surface area (Å²) in [6.45, 7) is 5.27. The fraction of sp³-hybridized carbons (Fsp3) is 0.538. The number of hydrogen-bond donors (Lipinski definition) is 2. The van der Waals surface area contributed by atoms with Crippen LogP contribution in [0.5, 0.6) is 0 Å². The number of thiophene rings is 1. The summed E-state index contributed by atoms with van der Waals surface area (Å²) in [4.78, 5) is 16.2. The molecule has 108 valence electrons. The topological polar surface area (TPSA) is 76.2 Å². The molecule has 6 nitrogen and oxygen atoms in total. The van der Waals surface area contributed by atoms with E-state index in [9.17, 15) is 4.79 Å². The molecule has 20 heavy (non-hydrogen) atoms. The van der Waals surface area contributed by atoms with Crippen molar-refractivity contribution in [2.75, 3.05) is 31.9 Å². The van der Waals surface area contributed by atoms with Crippen LogP contribution in [0.2, 0.25) is 0 Å². The van der Waals surface area contributed by atoms with Gasteiger partial charge in [-0.2, -0.15) is 5.10 Å². The second-order valence-electron chi connectivity index (χ2n) is 5.13. The van der Waals surface area contributed by atoms with Gasteiger partial charge in [0.15, 0.2) is 0 Å². The van der Waals surface area contributed by atoms with Crippen LogP contribution in [0, 0.1) is 6.92 Å². The van der Waals surface area contributed by atoms with Crippen LogP contribution in [-0.4, -0.2) is 46.8 Å². The molecule has 3 heterocycles. The number of hydrogen-bond acceptors (Lipinski definition) is 5. The van der Waals surface area contributed by atoms with Gasteiger partial charge in [0, 0.05) is 26.7 Å². The van der Waals surface area contributed by atoms with E-state index in [0.717, 1.165) is 48.5 Å². The lowest BCUT2D eigenvalue weighted by Gasteiger charge is -2.19. The van der Waals surface area contributed by atoms with Crippen molar-refractivity contribution in [3.63, 3.8) is 0 Å². The average molecular weight is 293 g/mol. The summed E-state index contributed by atoms with van der Waals surface area (Å²) >= 11 is 1.44. The lowest BCUT2D eigenvalue weighted by molar-refractivity contribution is 0.0772. The van der Waals surface area contributed by atoms with Crippen molar-refractivity contribution >= 4 is 33.1 Å². The molecule has 1 saturated heterocycles. The van der Waals surface area contributed by atoms with Gasteiger partial charge >= 0.3 is 0 Å². The van der Waals surface area contributed by atoms with Crippen molar-refractivity contribution in [2.45, 2.75) is 13.3 Å². The highest BCUT2D eigenvalue weighted by Gasteiger charge is 2.25. The number of nitrogens with zero attached hydrogens (tertiary/aromatic N) is 3. The van der Waals surface area contributed by atoms with E-state index in [1.54, 1.807) is 4.68 Å². The smallest absolute Gasteiger partial charge is 0.266 e. The number of anilines is 1. The predicted octanol–water partition coefficient (Wildman–Crippen LogP) is 0.961. The van der Waals surface area contributed by atoms with Gasteiger partial charge in [-0.3, -0.25) is 9.48 Å². The molecule has 2 aromatic heterocycles. The fourth-order valence-corrected chi connectivity index (χ4v) is 3.84. The number of nitrogens with one attached hydrogen (secondary N) is 1. The van der Waals surface area contributed by atoms with Crippen LogP contribution in [0.1, 0.15) is 21.8 Å². The van der Waals surface area contributed by atoms with Gasteiger partial charge in [-0.05, 0) is 19.9 Å². The molecule has 0 bridgehead atoms. The number of rotatable bonds is 1. The quantitative estimate of drug-likeness (QED) is 0.821. The molecule has 0 atom stereocenters. The van der Waals surface area contributed by atoms with Crippen LogP contribution in [0.3, 0.4) is 0 Å². The van der Waals surface area contributed by atoms with Crippen LogP contribution in [0.25, 0.3) is 10.2 Å². The van der Waals surface area contributed by atoms with Crippen molar-refractivity contribution in [1.82, 2.24) is 20.0 Å². The first kappa shape index (κ1) is 13.4. The number of aromatic nitrogens is 2. The molecule has 0 aliphatic carbocycles. The Hall–Kier alpha value is -1.60. The molecule has 1 amide bonds. The summed E-state index contributed by atoms with van der Waals surface area (Å²) in [7, 11) is 1.88. The van der Waals surface area contributed by atoms with Crippen LogP contribution in [0.15, 0.2) is 0 Å². The summed E-state index contributed by atoms with van der Waals surface area (Å²) in [6.07, 6.45) is 0.983. The first-order valence-electron chi connectivity index (χ1n) is 6.81. The molecule has 0 radical (unpaired) electrons. The van der Waals surface area contributed by atoms with Gasteiger partial charge < -0.3 is 16.0 Å². The van der Waals surface area contributed by atoms with Gasteiger partial charge in [-0.1, -0.05) is 0 Å². The van der Waals surface area contributed by atoms with E-state index >= 15 is 0 Å². The zero-order valence-corrected chi connectivity index (χ0v) is 12.6. The molecule has 3 N–H and O–H groups in total. The maximum Gasteiger partial charge on any atom is 0.266 e. The Balaban J connectivity index is 1.99. The lowest BCUT2D eigenvalue weighted by Crippen LogP contribution is -2.34. The molecule has 3 rings (SSSR count). The normalized spacial score (nSPS) is 16.6. The summed E-state index contributed by atoms with van der Waals surface area (Å²) < 4.78 is 1.80. The molecule has 1 fully saturated rings. The summed E-state index contributed by atoms with van der Waals surface area (Å²) in [6, 6.07) is 0. The second-order valence-corrected chi connectivity index (χ2v) is 6.13. The minimum Gasteiger partial charge on any atom is -0.397 e. The first-order chi connectivity index (χ1) is 9.59. The molecule has 0 unspecified atom stereocenters. The Labute approximate surface area is 121 Å². The van der Waals surface area contributed by atoms with E-state index in [1.165, 1.54) is 11.3 Å². The largest absolute Gasteiger partial charge is 0.397 e. The summed E-state index contributed by atoms with van der Waals surface area (Å²) in [5.41, 5.74) is 7.66. The van der Waals surface area contributed by atoms with Crippen molar-refractivity contribution in [2.24, 2.45) is 7.05 Å². The third kappa shape index (κ3) is 2.06. The van der Waals surface area contributed by atoms with Crippen molar-refractivity contribution in [1.29, 1.82) is 0 Å². The van der Waals surface area contributed by atoms with Gasteiger partial charge in [0.05, 0.1) is 16.8 Å². The Kier molecular flexibility index (Phi) is 3.39. The summed E-state index contributed by atoms with van der Waals surface area (Å²) in [5.74, 6) is 0.0480. The molecule has 0 spiro atoms. The van der Waals surface area contributed by atoms with E-state index in [0.29, 0.717) is 10.6 Å². The summed E-state index contributed by atoms with van der Waals surface area (Å²) in [5, 5.41) is 8.58. The highest BCUT2D eigenvalue weighted by Crippen LogP contribution is 2.36. The molecule has 0 saturated carbocycles. The Morgan fingerprint density at radius 3 is 2.95 bits per heavy atom. The van der Waals surface area contributed by atoms with Gasteiger partial charge in [-0.25, -0.2) is 0 Å². The zero-order valence-electron chi connectivity index (χ0n) is 11.8. The van der Waals surface area contributed by atoms with Crippen LogP contribution >= 0.6 is 11.3 Å². The Bertz CT molecular complexity index is 651.